The number of ether oxygens (including phenoxy) is 3. The van der Waals surface area contributed by atoms with Crippen molar-refractivity contribution in [3.8, 4) is 22.6 Å². The molecule has 0 bridgehead atoms. The van der Waals surface area contributed by atoms with E-state index in [-0.39, 0.29) is 23.6 Å². The van der Waals surface area contributed by atoms with Gasteiger partial charge in [0.15, 0.2) is 11.5 Å². The molecule has 2 aromatic carbocycles. The highest BCUT2D eigenvalue weighted by molar-refractivity contribution is 5.84. The fraction of sp³-hybridized carbons (Fsp3) is 0.368. The van der Waals surface area contributed by atoms with Gasteiger partial charge in [-0.2, -0.15) is 0 Å². The minimum Gasteiger partial charge on any atom is -0.632 e. The van der Waals surface area contributed by atoms with Crippen LogP contribution in [0.1, 0.15) is 28.8 Å². The topological polar surface area (TPSA) is 50.8 Å². The van der Waals surface area contributed by atoms with Crippen LogP contribution in [-0.2, 0) is 11.2 Å². The van der Waals surface area contributed by atoms with Gasteiger partial charge in [-0.25, -0.2) is 0 Å². The van der Waals surface area contributed by atoms with Gasteiger partial charge in [-0.1, -0.05) is 24.3 Å². The lowest BCUT2D eigenvalue weighted by Gasteiger charge is -2.53. The Morgan fingerprint density at radius 1 is 1.25 bits per heavy atom. The van der Waals surface area contributed by atoms with Crippen LogP contribution in [0.4, 0.5) is 0 Å². The van der Waals surface area contributed by atoms with Gasteiger partial charge < -0.3 is 24.1 Å². The third-order valence-electron chi connectivity index (χ3n) is 5.58. The zero-order chi connectivity index (χ0) is 16.5. The monoisotopic (exact) mass is 325 g/mol. The van der Waals surface area contributed by atoms with Crippen LogP contribution in [0.3, 0.4) is 0 Å². The Kier molecular flexibility index (Phi) is 2.81. The van der Waals surface area contributed by atoms with E-state index in [1.54, 1.807) is 14.2 Å². The van der Waals surface area contributed by atoms with Gasteiger partial charge in [-0.05, 0) is 22.8 Å². The van der Waals surface area contributed by atoms with Crippen LogP contribution in [0.25, 0.3) is 11.1 Å². The lowest BCUT2D eigenvalue weighted by atomic mass is 9.74. The smallest absolute Gasteiger partial charge is 0.231 e. The molecule has 3 aliphatic rings. The summed E-state index contributed by atoms with van der Waals surface area (Å²) in [6.07, 6.45) is 0.490. The van der Waals surface area contributed by atoms with Crippen LogP contribution < -0.4 is 9.47 Å². The Morgan fingerprint density at radius 2 is 2.08 bits per heavy atom. The minimum atomic E-state index is -0.327. The second-order valence-corrected chi connectivity index (χ2v) is 6.89. The molecule has 3 atom stereocenters. The van der Waals surface area contributed by atoms with Crippen molar-refractivity contribution in [1.82, 2.24) is 0 Å². The molecular formula is C19H19NO4. The predicted octanol–water partition coefficient (Wildman–Crippen LogP) is 3.33. The Hall–Kier alpha value is -2.08. The summed E-state index contributed by atoms with van der Waals surface area (Å²) in [6.45, 7) is 0.772. The summed E-state index contributed by atoms with van der Waals surface area (Å²) in [7, 11) is 3.44. The van der Waals surface area contributed by atoms with E-state index in [1.165, 1.54) is 5.56 Å². The molecule has 2 aromatic rings. The Bertz CT molecular complexity index is 846. The number of benzene rings is 2. The van der Waals surface area contributed by atoms with Gasteiger partial charge in [0.2, 0.25) is 6.79 Å². The van der Waals surface area contributed by atoms with Gasteiger partial charge in [0.25, 0.3) is 0 Å². The summed E-state index contributed by atoms with van der Waals surface area (Å²) < 4.78 is 16.9. The van der Waals surface area contributed by atoms with Crippen molar-refractivity contribution in [2.24, 2.45) is 0 Å². The van der Waals surface area contributed by atoms with Crippen LogP contribution in [0.15, 0.2) is 30.3 Å². The largest absolute Gasteiger partial charge is 0.632 e. The van der Waals surface area contributed by atoms with Crippen LogP contribution in [0.5, 0.6) is 11.5 Å². The maximum absolute atomic E-state index is 13.3. The molecule has 0 spiro atoms. The van der Waals surface area contributed by atoms with Crippen molar-refractivity contribution in [3.05, 3.63) is 52.2 Å². The van der Waals surface area contributed by atoms with Gasteiger partial charge >= 0.3 is 0 Å². The molecule has 2 heterocycles. The molecule has 0 N–H and O–H groups in total. The van der Waals surface area contributed by atoms with E-state index in [9.17, 15) is 5.21 Å². The number of quaternary nitrogens is 1. The number of nitrogens with zero attached hydrogens (tertiary/aromatic N) is 1. The van der Waals surface area contributed by atoms with E-state index in [1.807, 2.05) is 18.2 Å². The lowest BCUT2D eigenvalue weighted by Crippen LogP contribution is -2.50. The molecule has 1 unspecified atom stereocenters. The average molecular weight is 325 g/mol. The first-order valence-electron chi connectivity index (χ1n) is 8.25. The Balaban J connectivity index is 1.90. The number of fused-ring (bicyclic) bond motifs is 4. The summed E-state index contributed by atoms with van der Waals surface area (Å²) in [6, 6.07) is 9.91. The summed E-state index contributed by atoms with van der Waals surface area (Å²) >= 11 is 0. The molecule has 5 heteroatoms. The molecule has 0 saturated carbocycles. The van der Waals surface area contributed by atoms with E-state index < -0.39 is 0 Å². The Labute approximate surface area is 140 Å². The van der Waals surface area contributed by atoms with E-state index >= 15 is 0 Å². The molecule has 124 valence electrons. The highest BCUT2D eigenvalue weighted by Crippen LogP contribution is 2.58. The molecule has 0 saturated heterocycles. The van der Waals surface area contributed by atoms with Crippen LogP contribution in [0.2, 0.25) is 0 Å². The van der Waals surface area contributed by atoms with Crippen molar-refractivity contribution in [2.75, 3.05) is 27.5 Å². The zero-order valence-electron chi connectivity index (χ0n) is 13.7. The third kappa shape index (κ3) is 1.69. The molecule has 5 rings (SSSR count). The number of rotatable bonds is 1. The fourth-order valence-corrected chi connectivity index (χ4v) is 4.51. The molecular weight excluding hydrogens is 306 g/mol. The molecule has 24 heavy (non-hydrogen) atoms. The highest BCUT2D eigenvalue weighted by Gasteiger charge is 2.48. The van der Waals surface area contributed by atoms with Crippen LogP contribution in [0, 0.1) is 5.21 Å². The molecule has 0 radical (unpaired) electrons. The lowest BCUT2D eigenvalue weighted by molar-refractivity contribution is -0.899. The van der Waals surface area contributed by atoms with Gasteiger partial charge in [0, 0.05) is 24.7 Å². The molecule has 0 amide bonds. The fourth-order valence-electron chi connectivity index (χ4n) is 4.51. The molecule has 5 nitrogen and oxygen atoms in total. The number of likely N-dealkylation sites (N-methyl/N-ethyl adjacent to an activating group) is 1. The molecule has 1 aliphatic carbocycles. The number of hydroxylamine groups is 3. The maximum atomic E-state index is 13.3. The van der Waals surface area contributed by atoms with Crippen molar-refractivity contribution < 1.29 is 18.9 Å². The standard InChI is InChI=1S/C19H19NO4/c1-20(21)8-7-11-9-14-19(24-10-23-14)16-12-5-3-4-6-13(12)18(22-2)17(20)15(11)16/h3-6,9,17-18H,7-8,10H2,1-2H3/t17-,18-,20?/m0/s1. The van der Waals surface area contributed by atoms with Crippen LogP contribution >= 0.6 is 0 Å². The third-order valence-corrected chi connectivity index (χ3v) is 5.58. The summed E-state index contributed by atoms with van der Waals surface area (Å²) in [4.78, 5) is 0. The maximum Gasteiger partial charge on any atom is 0.231 e. The molecule has 0 aromatic heterocycles. The summed E-state index contributed by atoms with van der Waals surface area (Å²) in [5.74, 6) is 1.55. The van der Waals surface area contributed by atoms with Crippen molar-refractivity contribution >= 4 is 0 Å². The van der Waals surface area contributed by atoms with Crippen molar-refractivity contribution in [3.63, 3.8) is 0 Å². The van der Waals surface area contributed by atoms with E-state index in [0.29, 0.717) is 6.54 Å². The van der Waals surface area contributed by atoms with Crippen molar-refractivity contribution in [1.29, 1.82) is 0 Å². The van der Waals surface area contributed by atoms with Gasteiger partial charge in [0.1, 0.15) is 12.1 Å². The summed E-state index contributed by atoms with van der Waals surface area (Å²) in [5, 5.41) is 13.3. The molecule has 0 fully saturated rings. The van der Waals surface area contributed by atoms with Crippen LogP contribution in [-0.4, -0.2) is 32.1 Å². The van der Waals surface area contributed by atoms with Gasteiger partial charge in [0.05, 0.1) is 13.6 Å². The quantitative estimate of drug-likeness (QED) is 0.596. The second-order valence-electron chi connectivity index (χ2n) is 6.89. The SMILES string of the molecule is CO[C@H]1c2ccccc2-c2c3c(cc4c2[C@@H]1[N+](C)([O-])CC4)OCO3. The summed E-state index contributed by atoms with van der Waals surface area (Å²) in [5.41, 5.74) is 5.42. The first-order valence-corrected chi connectivity index (χ1v) is 8.25. The van der Waals surface area contributed by atoms with Crippen molar-refractivity contribution in [2.45, 2.75) is 18.6 Å². The van der Waals surface area contributed by atoms with Gasteiger partial charge in [-0.3, -0.25) is 0 Å². The number of methoxy groups -OCH3 is 1. The number of hydrogen-bond donors (Lipinski definition) is 0. The van der Waals surface area contributed by atoms with E-state index in [2.05, 4.69) is 12.1 Å². The first kappa shape index (κ1) is 14.3. The average Bonchev–Trinajstić information content (AvgIpc) is 3.05. The predicted molar refractivity (Wildman–Crippen MR) is 88.6 cm³/mol. The normalized spacial score (nSPS) is 29.1. The van der Waals surface area contributed by atoms with E-state index in [4.69, 9.17) is 14.2 Å². The highest BCUT2D eigenvalue weighted by atomic mass is 16.7. The van der Waals surface area contributed by atoms with Gasteiger partial charge in [-0.15, -0.1) is 0 Å². The van der Waals surface area contributed by atoms with E-state index in [0.717, 1.165) is 40.2 Å². The minimum absolute atomic E-state index is 0.231. The number of hydrogen-bond acceptors (Lipinski definition) is 4. The Morgan fingerprint density at radius 3 is 2.92 bits per heavy atom. The first-order chi connectivity index (χ1) is 11.6. The second kappa shape index (κ2) is 4.72. The zero-order valence-corrected chi connectivity index (χ0v) is 13.7. The molecule has 2 aliphatic heterocycles.